The first-order chi connectivity index (χ1) is 5.66. The van der Waals surface area contributed by atoms with Gasteiger partial charge in [0, 0.05) is 6.42 Å². The summed E-state index contributed by atoms with van der Waals surface area (Å²) in [7, 11) is 0. The molecule has 6 heteroatoms. The summed E-state index contributed by atoms with van der Waals surface area (Å²) in [5.74, 6) is -1.18. The largest absolute Gasteiger partial charge is 0.475 e. The van der Waals surface area contributed by atoms with Gasteiger partial charge in [-0.05, 0) is 11.3 Å². The van der Waals surface area contributed by atoms with Gasteiger partial charge in [0.1, 0.15) is 0 Å². The first-order valence-electron chi connectivity index (χ1n) is 3.53. The van der Waals surface area contributed by atoms with Crippen LogP contribution in [0.15, 0.2) is 4.63 Å². The normalized spacial score (nSPS) is 10.1. The fourth-order valence-corrected chi connectivity index (χ4v) is 0.913. The second-order valence-corrected chi connectivity index (χ2v) is 2.33. The van der Waals surface area contributed by atoms with Gasteiger partial charge in [0.2, 0.25) is 0 Å². The molecule has 0 aliphatic carbocycles. The molecule has 0 aliphatic rings. The van der Waals surface area contributed by atoms with Crippen molar-refractivity contribution in [3.63, 3.8) is 0 Å². The van der Waals surface area contributed by atoms with Crippen LogP contribution in [0.5, 0.6) is 0 Å². The average Bonchev–Trinajstić information content (AvgIpc) is 2.34. The minimum absolute atomic E-state index is 0.130. The van der Waals surface area contributed by atoms with Crippen molar-refractivity contribution in [2.24, 2.45) is 0 Å². The molecule has 0 radical (unpaired) electrons. The SMILES string of the molecule is CCCc1c(C(=O)O)[nH]o[n+]1=O. The van der Waals surface area contributed by atoms with E-state index in [1.807, 2.05) is 12.1 Å². The third-order valence-electron chi connectivity index (χ3n) is 1.44. The summed E-state index contributed by atoms with van der Waals surface area (Å²) in [6, 6.07) is 0. The predicted octanol–water partition coefficient (Wildman–Crippen LogP) is 0.173. The Bertz CT molecular complexity index is 338. The summed E-state index contributed by atoms with van der Waals surface area (Å²) >= 11 is 0. The van der Waals surface area contributed by atoms with Crippen molar-refractivity contribution < 1.29 is 19.1 Å². The maximum Gasteiger partial charge on any atom is 0.384 e. The number of aromatic nitrogens is 2. The second-order valence-electron chi connectivity index (χ2n) is 2.33. The van der Waals surface area contributed by atoms with Crippen LogP contribution < -0.4 is 4.60 Å². The highest BCUT2D eigenvalue weighted by atomic mass is 16.7. The second kappa shape index (κ2) is 3.21. The number of carboxylic acids is 1. The summed E-state index contributed by atoms with van der Waals surface area (Å²) < 4.78 is 4.45. The molecule has 0 aliphatic heterocycles. The molecule has 6 nitrogen and oxygen atoms in total. The molecule has 0 fully saturated rings. The van der Waals surface area contributed by atoms with Gasteiger partial charge in [0.25, 0.3) is 11.4 Å². The third kappa shape index (κ3) is 1.36. The quantitative estimate of drug-likeness (QED) is 0.681. The summed E-state index contributed by atoms with van der Waals surface area (Å²) in [5.41, 5.74) is -0.0446. The Morgan fingerprint density at radius 1 is 1.75 bits per heavy atom. The Morgan fingerprint density at radius 3 is 2.92 bits per heavy atom. The minimum atomic E-state index is -1.18. The van der Waals surface area contributed by atoms with Crippen molar-refractivity contribution >= 4 is 5.97 Å². The van der Waals surface area contributed by atoms with Gasteiger partial charge in [0.05, 0.1) is 0 Å². The molecule has 0 unspecified atom stereocenters. The van der Waals surface area contributed by atoms with Crippen molar-refractivity contribution in [2.45, 2.75) is 19.8 Å². The van der Waals surface area contributed by atoms with Gasteiger partial charge in [-0.2, -0.15) is 0 Å². The van der Waals surface area contributed by atoms with Crippen LogP contribution in [-0.2, 0) is 6.42 Å². The van der Waals surface area contributed by atoms with Crippen LogP contribution in [0.3, 0.4) is 0 Å². The van der Waals surface area contributed by atoms with E-state index in [1.54, 1.807) is 0 Å². The number of nitrogens with one attached hydrogen (secondary N) is 1. The molecule has 0 aromatic carbocycles. The van der Waals surface area contributed by atoms with Crippen LogP contribution in [0.1, 0.15) is 29.5 Å². The zero-order valence-electron chi connectivity index (χ0n) is 6.53. The fraction of sp³-hybridized carbons (Fsp3) is 0.500. The molecule has 1 aromatic heterocycles. The topological polar surface area (TPSA) is 89.2 Å². The maximum atomic E-state index is 10.8. The lowest BCUT2D eigenvalue weighted by Gasteiger charge is -1.83. The Labute approximate surface area is 67.3 Å². The van der Waals surface area contributed by atoms with Gasteiger partial charge in [-0.3, -0.25) is 0 Å². The summed E-state index contributed by atoms with van der Waals surface area (Å²) in [4.78, 5) is 21.3. The monoisotopic (exact) mass is 173 g/mol. The van der Waals surface area contributed by atoms with E-state index >= 15 is 0 Å². The maximum absolute atomic E-state index is 10.8. The summed E-state index contributed by atoms with van der Waals surface area (Å²) in [6.07, 6.45) is 1.08. The molecular weight excluding hydrogens is 164 g/mol. The Morgan fingerprint density at radius 2 is 2.42 bits per heavy atom. The number of aromatic amines is 1. The number of aromatic carboxylic acids is 1. The van der Waals surface area contributed by atoms with E-state index in [0.29, 0.717) is 12.8 Å². The number of carbonyl (C=O) groups is 1. The molecule has 1 aromatic rings. The predicted molar refractivity (Wildman–Crippen MR) is 37.4 cm³/mol. The molecule has 66 valence electrons. The van der Waals surface area contributed by atoms with Crippen LogP contribution in [0.25, 0.3) is 0 Å². The lowest BCUT2D eigenvalue weighted by Crippen LogP contribution is -2.18. The molecule has 0 atom stereocenters. The fourth-order valence-electron chi connectivity index (χ4n) is 0.913. The first kappa shape index (κ1) is 8.51. The van der Waals surface area contributed by atoms with E-state index in [0.717, 1.165) is 0 Å². The van der Waals surface area contributed by atoms with E-state index < -0.39 is 5.97 Å². The molecule has 0 saturated heterocycles. The van der Waals surface area contributed by atoms with Gasteiger partial charge in [0.15, 0.2) is 4.60 Å². The van der Waals surface area contributed by atoms with Gasteiger partial charge in [-0.15, -0.1) is 0 Å². The van der Waals surface area contributed by atoms with Crippen LogP contribution in [0, 0.1) is 4.91 Å². The van der Waals surface area contributed by atoms with Crippen molar-refractivity contribution in [3.8, 4) is 0 Å². The Hall–Kier alpha value is -1.59. The van der Waals surface area contributed by atoms with Crippen LogP contribution in [0.4, 0.5) is 0 Å². The van der Waals surface area contributed by atoms with Crippen molar-refractivity contribution in [2.75, 3.05) is 0 Å². The number of carboxylic acid groups (broad SMARTS) is 1. The Kier molecular flexibility index (Phi) is 2.27. The highest BCUT2D eigenvalue weighted by Gasteiger charge is 2.24. The number of rotatable bonds is 3. The number of H-pyrrole nitrogens is 1. The van der Waals surface area contributed by atoms with Gasteiger partial charge in [-0.1, -0.05) is 16.7 Å². The molecule has 12 heavy (non-hydrogen) atoms. The van der Waals surface area contributed by atoms with Gasteiger partial charge >= 0.3 is 5.97 Å². The standard InChI is InChI=1S/C6H8N2O4/c1-2-3-4-5(6(9)10)7-12-8(4)11/h2-3H2,1H3,(H-,7,9,10,11)/p+1. The zero-order chi connectivity index (χ0) is 9.14. The molecule has 0 spiro atoms. The van der Waals surface area contributed by atoms with Crippen molar-refractivity contribution in [1.29, 1.82) is 0 Å². The first-order valence-corrected chi connectivity index (χ1v) is 3.53. The van der Waals surface area contributed by atoms with Gasteiger partial charge < -0.3 is 5.11 Å². The number of nitrogens with zero attached hydrogens (tertiary/aromatic N) is 1. The number of hydrogen-bond donors (Lipinski definition) is 2. The van der Waals surface area contributed by atoms with E-state index in [2.05, 4.69) is 4.63 Å². The molecule has 2 N–H and O–H groups in total. The van der Waals surface area contributed by atoms with E-state index in [9.17, 15) is 9.70 Å². The third-order valence-corrected chi connectivity index (χ3v) is 1.44. The molecule has 1 heterocycles. The van der Waals surface area contributed by atoms with E-state index in [-0.39, 0.29) is 16.0 Å². The van der Waals surface area contributed by atoms with Crippen molar-refractivity contribution in [3.05, 3.63) is 16.3 Å². The molecular formula is C6H9N2O4+. The van der Waals surface area contributed by atoms with Crippen LogP contribution >= 0.6 is 0 Å². The highest BCUT2D eigenvalue weighted by Crippen LogP contribution is 2.02. The Balaban J connectivity index is 3.12. The minimum Gasteiger partial charge on any atom is -0.475 e. The summed E-state index contributed by atoms with van der Waals surface area (Å²) in [5, 5.41) is 10.6. The number of hydrogen-bond acceptors (Lipinski definition) is 3. The summed E-state index contributed by atoms with van der Waals surface area (Å²) in [6.45, 7) is 1.85. The van der Waals surface area contributed by atoms with Gasteiger partial charge in [-0.25, -0.2) is 4.79 Å². The molecule has 0 saturated carbocycles. The van der Waals surface area contributed by atoms with E-state index in [1.165, 1.54) is 0 Å². The zero-order valence-corrected chi connectivity index (χ0v) is 6.53. The average molecular weight is 173 g/mol. The van der Waals surface area contributed by atoms with Crippen molar-refractivity contribution in [1.82, 2.24) is 5.16 Å². The van der Waals surface area contributed by atoms with Crippen LogP contribution in [-0.4, -0.2) is 16.2 Å². The lowest BCUT2D eigenvalue weighted by atomic mass is 10.2. The van der Waals surface area contributed by atoms with E-state index in [4.69, 9.17) is 5.11 Å². The smallest absolute Gasteiger partial charge is 0.384 e. The molecule has 0 bridgehead atoms. The van der Waals surface area contributed by atoms with Crippen LogP contribution in [0.2, 0.25) is 0 Å². The molecule has 1 rings (SSSR count). The lowest BCUT2D eigenvalue weighted by molar-refractivity contribution is -0.719. The highest BCUT2D eigenvalue weighted by molar-refractivity contribution is 5.85. The molecule has 0 amide bonds.